The largest absolute Gasteiger partial charge is 0.464 e. The third kappa shape index (κ3) is 6.12. The maximum absolute atomic E-state index is 9.22. The van der Waals surface area contributed by atoms with Crippen molar-refractivity contribution in [1.82, 2.24) is 15.0 Å². The van der Waals surface area contributed by atoms with E-state index in [2.05, 4.69) is 34.1 Å². The molecular weight excluding hydrogens is 270 g/mol. The molecule has 7 nitrogen and oxygen atoms in total. The zero-order valence-corrected chi connectivity index (χ0v) is 13.3. The number of rotatable bonds is 11. The van der Waals surface area contributed by atoms with Gasteiger partial charge < -0.3 is 20.1 Å². The van der Waals surface area contributed by atoms with Crippen molar-refractivity contribution in [3.8, 4) is 6.01 Å². The highest BCUT2D eigenvalue weighted by Gasteiger charge is 2.13. The Morgan fingerprint density at radius 1 is 1.10 bits per heavy atom. The summed E-state index contributed by atoms with van der Waals surface area (Å²) in [6.45, 7) is 8.78. The molecule has 0 amide bonds. The van der Waals surface area contributed by atoms with Gasteiger partial charge in [0.05, 0.1) is 13.2 Å². The van der Waals surface area contributed by atoms with Crippen molar-refractivity contribution in [2.24, 2.45) is 0 Å². The van der Waals surface area contributed by atoms with E-state index in [1.165, 1.54) is 0 Å². The number of aromatic nitrogens is 3. The Hall–Kier alpha value is -1.63. The van der Waals surface area contributed by atoms with Gasteiger partial charge in [0.15, 0.2) is 0 Å². The molecule has 0 radical (unpaired) electrons. The molecule has 0 aliphatic heterocycles. The summed E-state index contributed by atoms with van der Waals surface area (Å²) in [7, 11) is 0. The van der Waals surface area contributed by atoms with Gasteiger partial charge in [-0.1, -0.05) is 20.3 Å². The second kappa shape index (κ2) is 10.1. The molecular formula is C14H27N5O2. The summed E-state index contributed by atoms with van der Waals surface area (Å²) in [5, 5.41) is 12.4. The SMILES string of the molecule is CCCCN(CCO)c1nc(NCCC)nc(OCC)n1. The van der Waals surface area contributed by atoms with Crippen LogP contribution in [0.15, 0.2) is 0 Å². The van der Waals surface area contributed by atoms with Gasteiger partial charge in [0.25, 0.3) is 0 Å². The number of unbranched alkanes of at least 4 members (excludes halogenated alkanes) is 1. The van der Waals surface area contributed by atoms with E-state index in [1.54, 1.807) is 0 Å². The summed E-state index contributed by atoms with van der Waals surface area (Å²) in [5.41, 5.74) is 0. The minimum absolute atomic E-state index is 0.0666. The number of nitrogens with zero attached hydrogens (tertiary/aromatic N) is 4. The van der Waals surface area contributed by atoms with Gasteiger partial charge in [0, 0.05) is 19.6 Å². The van der Waals surface area contributed by atoms with Crippen molar-refractivity contribution in [2.45, 2.75) is 40.0 Å². The third-order valence-corrected chi connectivity index (χ3v) is 2.84. The van der Waals surface area contributed by atoms with Gasteiger partial charge in [0.1, 0.15) is 0 Å². The highest BCUT2D eigenvalue weighted by molar-refractivity contribution is 5.38. The zero-order valence-electron chi connectivity index (χ0n) is 13.3. The first-order valence-electron chi connectivity index (χ1n) is 7.73. The van der Waals surface area contributed by atoms with Crippen LogP contribution in [0.25, 0.3) is 0 Å². The van der Waals surface area contributed by atoms with Crippen LogP contribution in [0.2, 0.25) is 0 Å². The van der Waals surface area contributed by atoms with Crippen LogP contribution in [0.4, 0.5) is 11.9 Å². The molecule has 0 saturated heterocycles. The van der Waals surface area contributed by atoms with Crippen molar-refractivity contribution in [3.63, 3.8) is 0 Å². The number of nitrogens with one attached hydrogen (secondary N) is 1. The first-order valence-corrected chi connectivity index (χ1v) is 7.73. The standard InChI is InChI=1S/C14H27N5O2/c1-4-7-9-19(10-11-20)13-16-12(15-8-5-2)17-14(18-13)21-6-3/h20H,4-11H2,1-3H3,(H,15,16,17,18). The van der Waals surface area contributed by atoms with Crippen molar-refractivity contribution in [1.29, 1.82) is 0 Å². The number of hydrogen-bond acceptors (Lipinski definition) is 7. The summed E-state index contributed by atoms with van der Waals surface area (Å²) in [6, 6.07) is 0.320. The molecule has 0 aliphatic carbocycles. The smallest absolute Gasteiger partial charge is 0.323 e. The summed E-state index contributed by atoms with van der Waals surface area (Å²) in [6.07, 6.45) is 3.08. The number of anilines is 2. The maximum Gasteiger partial charge on any atom is 0.323 e. The van der Waals surface area contributed by atoms with Gasteiger partial charge in [0.2, 0.25) is 11.9 Å². The first-order chi connectivity index (χ1) is 10.2. The second-order valence-electron chi connectivity index (χ2n) is 4.67. The molecule has 21 heavy (non-hydrogen) atoms. The Kier molecular flexibility index (Phi) is 8.42. The van der Waals surface area contributed by atoms with Crippen LogP contribution in [0.5, 0.6) is 6.01 Å². The fourth-order valence-corrected chi connectivity index (χ4v) is 1.78. The third-order valence-electron chi connectivity index (χ3n) is 2.84. The predicted molar refractivity (Wildman–Crippen MR) is 84.0 cm³/mol. The molecule has 120 valence electrons. The van der Waals surface area contributed by atoms with Crippen LogP contribution in [0.1, 0.15) is 40.0 Å². The van der Waals surface area contributed by atoms with Crippen LogP contribution >= 0.6 is 0 Å². The van der Waals surface area contributed by atoms with Gasteiger partial charge in [-0.15, -0.1) is 0 Å². The normalized spacial score (nSPS) is 10.5. The molecule has 0 aromatic carbocycles. The van der Waals surface area contributed by atoms with Crippen molar-refractivity contribution < 1.29 is 9.84 Å². The number of hydrogen-bond donors (Lipinski definition) is 2. The van der Waals surface area contributed by atoms with Crippen molar-refractivity contribution >= 4 is 11.9 Å². The molecule has 0 saturated carbocycles. The topological polar surface area (TPSA) is 83.4 Å². The molecule has 0 fully saturated rings. The molecule has 7 heteroatoms. The zero-order chi connectivity index (χ0) is 15.5. The lowest BCUT2D eigenvalue weighted by atomic mass is 10.3. The van der Waals surface area contributed by atoms with Crippen LogP contribution in [0.3, 0.4) is 0 Å². The summed E-state index contributed by atoms with van der Waals surface area (Å²) in [5.74, 6) is 1.07. The van der Waals surface area contributed by atoms with Crippen LogP contribution < -0.4 is 15.0 Å². The molecule has 0 unspecified atom stereocenters. The Bertz CT molecular complexity index is 403. The molecule has 1 rings (SSSR count). The average Bonchev–Trinajstić information content (AvgIpc) is 2.49. The highest BCUT2D eigenvalue weighted by Crippen LogP contribution is 2.15. The Balaban J connectivity index is 2.96. The van der Waals surface area contributed by atoms with Gasteiger partial charge in [-0.25, -0.2) is 0 Å². The van der Waals surface area contributed by atoms with Gasteiger partial charge in [-0.3, -0.25) is 0 Å². The minimum Gasteiger partial charge on any atom is -0.464 e. The Morgan fingerprint density at radius 2 is 1.90 bits per heavy atom. The molecule has 2 N–H and O–H groups in total. The molecule has 1 aromatic heterocycles. The number of aliphatic hydroxyl groups excluding tert-OH is 1. The highest BCUT2D eigenvalue weighted by atomic mass is 16.5. The second-order valence-corrected chi connectivity index (χ2v) is 4.67. The van der Waals surface area contributed by atoms with Crippen LogP contribution in [-0.2, 0) is 0 Å². The van der Waals surface area contributed by atoms with E-state index in [0.29, 0.717) is 31.1 Å². The van der Waals surface area contributed by atoms with E-state index < -0.39 is 0 Å². The first kappa shape index (κ1) is 17.4. The molecule has 0 spiro atoms. The van der Waals surface area contributed by atoms with Crippen LogP contribution in [0, 0.1) is 0 Å². The lowest BCUT2D eigenvalue weighted by Gasteiger charge is -2.22. The van der Waals surface area contributed by atoms with E-state index in [-0.39, 0.29) is 6.61 Å². The van der Waals surface area contributed by atoms with Gasteiger partial charge in [-0.2, -0.15) is 15.0 Å². The lowest BCUT2D eigenvalue weighted by molar-refractivity contribution is 0.298. The van der Waals surface area contributed by atoms with Crippen molar-refractivity contribution in [2.75, 3.05) is 43.1 Å². The number of aliphatic hydroxyl groups is 1. The molecule has 0 atom stereocenters. The molecule has 1 aromatic rings. The molecule has 0 aliphatic rings. The number of ether oxygens (including phenoxy) is 1. The predicted octanol–water partition coefficient (Wildman–Crippen LogP) is 1.69. The van der Waals surface area contributed by atoms with Gasteiger partial charge in [-0.05, 0) is 19.8 Å². The lowest BCUT2D eigenvalue weighted by Crippen LogP contribution is -2.30. The molecule has 0 bridgehead atoms. The van der Waals surface area contributed by atoms with E-state index >= 15 is 0 Å². The fourth-order valence-electron chi connectivity index (χ4n) is 1.78. The molecule has 1 heterocycles. The monoisotopic (exact) mass is 297 g/mol. The minimum atomic E-state index is 0.0666. The van der Waals surface area contributed by atoms with E-state index in [1.807, 2.05) is 11.8 Å². The average molecular weight is 297 g/mol. The summed E-state index contributed by atoms with van der Waals surface area (Å²) >= 11 is 0. The fraction of sp³-hybridized carbons (Fsp3) is 0.786. The van der Waals surface area contributed by atoms with E-state index in [0.717, 1.165) is 32.4 Å². The maximum atomic E-state index is 9.22. The Labute approximate surface area is 126 Å². The van der Waals surface area contributed by atoms with E-state index in [9.17, 15) is 5.11 Å². The Morgan fingerprint density at radius 3 is 2.52 bits per heavy atom. The van der Waals surface area contributed by atoms with Crippen LogP contribution in [-0.4, -0.2) is 52.9 Å². The van der Waals surface area contributed by atoms with Gasteiger partial charge >= 0.3 is 6.01 Å². The summed E-state index contributed by atoms with van der Waals surface area (Å²) < 4.78 is 5.41. The quantitative estimate of drug-likeness (QED) is 0.643. The van der Waals surface area contributed by atoms with Crippen molar-refractivity contribution in [3.05, 3.63) is 0 Å². The summed E-state index contributed by atoms with van der Waals surface area (Å²) in [4.78, 5) is 15.0. The van der Waals surface area contributed by atoms with E-state index in [4.69, 9.17) is 4.74 Å².